The number of carbonyl (C=O) groups is 1. The van der Waals surface area contributed by atoms with Gasteiger partial charge in [-0.3, -0.25) is 4.79 Å². The Morgan fingerprint density at radius 2 is 1.79 bits per heavy atom. The summed E-state index contributed by atoms with van der Waals surface area (Å²) in [6, 6.07) is 5.64. The SMILES string of the molecule is O=C(O)[C@@H](CC1CC1)c1cc(OCC(F)(F)F)c(-c2ccc3nsnc3c2)c(C(F)(F)F)c1. The van der Waals surface area contributed by atoms with Crippen molar-refractivity contribution in [1.82, 2.24) is 8.75 Å². The van der Waals surface area contributed by atoms with Gasteiger partial charge < -0.3 is 9.84 Å². The molecule has 1 saturated carbocycles. The Labute approximate surface area is 187 Å². The number of fused-ring (bicyclic) bond motifs is 1. The minimum absolute atomic E-state index is 0.0548. The number of hydrogen-bond donors (Lipinski definition) is 1. The number of benzene rings is 2. The zero-order valence-corrected chi connectivity index (χ0v) is 17.5. The van der Waals surface area contributed by atoms with E-state index in [0.29, 0.717) is 11.6 Å². The summed E-state index contributed by atoms with van der Waals surface area (Å²) in [4.78, 5) is 11.8. The highest BCUT2D eigenvalue weighted by Crippen LogP contribution is 2.47. The van der Waals surface area contributed by atoms with Crippen molar-refractivity contribution in [2.75, 3.05) is 6.61 Å². The second kappa shape index (κ2) is 8.47. The third-order valence-corrected chi connectivity index (χ3v) is 5.89. The lowest BCUT2D eigenvalue weighted by molar-refractivity contribution is -0.153. The van der Waals surface area contributed by atoms with Crippen molar-refractivity contribution in [3.05, 3.63) is 41.5 Å². The first-order valence-electron chi connectivity index (χ1n) is 9.82. The van der Waals surface area contributed by atoms with Crippen LogP contribution < -0.4 is 4.74 Å². The van der Waals surface area contributed by atoms with Crippen LogP contribution >= 0.6 is 11.7 Å². The van der Waals surface area contributed by atoms with E-state index in [-0.39, 0.29) is 29.0 Å². The standard InChI is InChI=1S/C21H16F6N2O3S/c22-20(23,24)9-32-17-8-12(13(19(30)31)5-10-1-2-10)6-14(21(25,26)27)18(17)11-3-4-15-16(7-11)29-33-28-15/h3-4,6-8,10,13H,1-2,5,9H2,(H,30,31)/t13-/m0/s1. The number of halogens is 6. The Morgan fingerprint density at radius 1 is 1.09 bits per heavy atom. The summed E-state index contributed by atoms with van der Waals surface area (Å²) in [5.41, 5.74) is -1.52. The molecule has 33 heavy (non-hydrogen) atoms. The van der Waals surface area contributed by atoms with Crippen molar-refractivity contribution in [1.29, 1.82) is 0 Å². The van der Waals surface area contributed by atoms with Crippen molar-refractivity contribution < 1.29 is 41.0 Å². The number of aromatic nitrogens is 2. The average molecular weight is 490 g/mol. The van der Waals surface area contributed by atoms with E-state index in [9.17, 15) is 36.2 Å². The van der Waals surface area contributed by atoms with Crippen LogP contribution in [0.25, 0.3) is 22.2 Å². The number of carboxylic acids is 1. The molecule has 5 nitrogen and oxygen atoms in total. The first kappa shape index (κ1) is 23.3. The number of alkyl halides is 6. The Hall–Kier alpha value is -2.89. The summed E-state index contributed by atoms with van der Waals surface area (Å²) in [5.74, 6) is -3.29. The van der Waals surface area contributed by atoms with Crippen molar-refractivity contribution in [2.45, 2.75) is 37.5 Å². The second-order valence-corrected chi connectivity index (χ2v) is 8.41. The van der Waals surface area contributed by atoms with Gasteiger partial charge in [0.15, 0.2) is 6.61 Å². The molecule has 0 unspecified atom stereocenters. The molecule has 1 heterocycles. The van der Waals surface area contributed by atoms with Gasteiger partial charge in [-0.15, -0.1) is 0 Å². The average Bonchev–Trinajstić information content (AvgIpc) is 3.42. The zero-order chi connectivity index (χ0) is 24.0. The molecule has 176 valence electrons. The van der Waals surface area contributed by atoms with E-state index in [1.807, 2.05) is 0 Å². The van der Waals surface area contributed by atoms with Crippen LogP contribution in [0.5, 0.6) is 5.75 Å². The van der Waals surface area contributed by atoms with E-state index in [1.165, 1.54) is 18.2 Å². The smallest absolute Gasteiger partial charge is 0.422 e. The van der Waals surface area contributed by atoms with Crippen LogP contribution in [0, 0.1) is 5.92 Å². The van der Waals surface area contributed by atoms with Gasteiger partial charge in [-0.25, -0.2) is 0 Å². The summed E-state index contributed by atoms with van der Waals surface area (Å²) < 4.78 is 93.8. The summed E-state index contributed by atoms with van der Waals surface area (Å²) in [5, 5.41) is 9.61. The molecule has 0 aliphatic heterocycles. The Bertz CT molecular complexity index is 1190. The Kier molecular flexibility index (Phi) is 5.97. The van der Waals surface area contributed by atoms with Crippen LogP contribution in [-0.2, 0) is 11.0 Å². The maximum atomic E-state index is 14.1. The van der Waals surface area contributed by atoms with Crippen molar-refractivity contribution in [2.24, 2.45) is 5.92 Å². The number of carboxylic acid groups (broad SMARTS) is 1. The Morgan fingerprint density at radius 3 is 2.39 bits per heavy atom. The molecule has 1 aromatic heterocycles. The molecule has 1 N–H and O–H groups in total. The highest BCUT2D eigenvalue weighted by atomic mass is 32.1. The molecule has 1 fully saturated rings. The number of ether oxygens (including phenoxy) is 1. The molecule has 0 radical (unpaired) electrons. The van der Waals surface area contributed by atoms with Crippen molar-refractivity contribution >= 4 is 28.7 Å². The van der Waals surface area contributed by atoms with Crippen molar-refractivity contribution in [3.8, 4) is 16.9 Å². The third kappa shape index (κ3) is 5.37. The van der Waals surface area contributed by atoms with Gasteiger partial charge in [0, 0.05) is 5.56 Å². The predicted octanol–water partition coefficient (Wildman–Crippen LogP) is 6.29. The van der Waals surface area contributed by atoms with Crippen LogP contribution in [0.2, 0.25) is 0 Å². The lowest BCUT2D eigenvalue weighted by Crippen LogP contribution is -2.21. The molecule has 3 aromatic rings. The van der Waals surface area contributed by atoms with E-state index >= 15 is 0 Å². The second-order valence-electron chi connectivity index (χ2n) is 7.88. The first-order chi connectivity index (χ1) is 15.4. The molecule has 0 spiro atoms. The minimum atomic E-state index is -4.99. The lowest BCUT2D eigenvalue weighted by atomic mass is 9.88. The molecule has 1 aliphatic carbocycles. The fraction of sp³-hybridized carbons (Fsp3) is 0.381. The van der Waals surface area contributed by atoms with Gasteiger partial charge in [0.1, 0.15) is 16.8 Å². The van der Waals surface area contributed by atoms with E-state index < -0.39 is 47.7 Å². The molecule has 1 aliphatic rings. The molecule has 1 atom stereocenters. The van der Waals surface area contributed by atoms with Gasteiger partial charge in [-0.1, -0.05) is 18.9 Å². The van der Waals surface area contributed by atoms with Gasteiger partial charge in [0.05, 0.1) is 23.2 Å². The maximum absolute atomic E-state index is 14.1. The molecule has 0 saturated heterocycles. The van der Waals surface area contributed by atoms with Gasteiger partial charge >= 0.3 is 18.3 Å². The summed E-state index contributed by atoms with van der Waals surface area (Å²) in [6.07, 6.45) is -8.18. The largest absolute Gasteiger partial charge is 0.483 e. The van der Waals surface area contributed by atoms with Crippen LogP contribution in [0.3, 0.4) is 0 Å². The first-order valence-corrected chi connectivity index (χ1v) is 10.6. The minimum Gasteiger partial charge on any atom is -0.483 e. The van der Waals surface area contributed by atoms with E-state index in [4.69, 9.17) is 4.74 Å². The molecule has 2 aromatic carbocycles. The summed E-state index contributed by atoms with van der Waals surface area (Å²) in [7, 11) is 0. The van der Waals surface area contributed by atoms with Gasteiger partial charge in [-0.2, -0.15) is 35.1 Å². The quantitative estimate of drug-likeness (QED) is 0.395. The highest BCUT2D eigenvalue weighted by molar-refractivity contribution is 7.00. The number of aliphatic carboxylic acids is 1. The van der Waals surface area contributed by atoms with Gasteiger partial charge in [0.25, 0.3) is 0 Å². The molecular weight excluding hydrogens is 474 g/mol. The number of hydrogen-bond acceptors (Lipinski definition) is 5. The summed E-state index contributed by atoms with van der Waals surface area (Å²) in [6.45, 7) is -1.83. The number of rotatable bonds is 7. The van der Waals surface area contributed by atoms with Crippen molar-refractivity contribution in [3.63, 3.8) is 0 Å². The van der Waals surface area contributed by atoms with Crippen LogP contribution in [0.15, 0.2) is 30.3 Å². The highest BCUT2D eigenvalue weighted by Gasteiger charge is 2.39. The molecule has 0 bridgehead atoms. The van der Waals surface area contributed by atoms with E-state index in [1.54, 1.807) is 0 Å². The van der Waals surface area contributed by atoms with E-state index in [0.717, 1.165) is 30.6 Å². The third-order valence-electron chi connectivity index (χ3n) is 5.33. The molecule has 0 amide bonds. The zero-order valence-electron chi connectivity index (χ0n) is 16.7. The molecular formula is C21H16F6N2O3S. The predicted molar refractivity (Wildman–Crippen MR) is 107 cm³/mol. The Balaban J connectivity index is 1.92. The monoisotopic (exact) mass is 490 g/mol. The van der Waals surface area contributed by atoms with Gasteiger partial charge in [0.2, 0.25) is 0 Å². The fourth-order valence-corrected chi connectivity index (χ4v) is 4.15. The molecule has 4 rings (SSSR count). The molecule has 12 heteroatoms. The normalized spacial score (nSPS) is 15.6. The summed E-state index contributed by atoms with van der Waals surface area (Å²) >= 11 is 0.838. The number of nitrogens with zero attached hydrogens (tertiary/aromatic N) is 2. The van der Waals surface area contributed by atoms with Crippen LogP contribution in [-0.4, -0.2) is 32.6 Å². The van der Waals surface area contributed by atoms with Crippen LogP contribution in [0.4, 0.5) is 26.3 Å². The topological polar surface area (TPSA) is 72.3 Å². The lowest BCUT2D eigenvalue weighted by Gasteiger charge is -2.22. The fourth-order valence-electron chi connectivity index (χ4n) is 3.64. The van der Waals surface area contributed by atoms with Gasteiger partial charge in [-0.05, 0) is 47.7 Å². The maximum Gasteiger partial charge on any atom is 0.422 e. The van der Waals surface area contributed by atoms with Crippen LogP contribution in [0.1, 0.15) is 36.3 Å². The van der Waals surface area contributed by atoms with E-state index in [2.05, 4.69) is 8.75 Å².